The first-order valence-electron chi connectivity index (χ1n) is 12.8. The fourth-order valence-corrected chi connectivity index (χ4v) is 6.37. The van der Waals surface area contributed by atoms with Gasteiger partial charge in [0.15, 0.2) is 5.65 Å². The van der Waals surface area contributed by atoms with Gasteiger partial charge in [-0.15, -0.1) is 0 Å². The highest BCUT2D eigenvalue weighted by Gasteiger charge is 2.24. The van der Waals surface area contributed by atoms with Crippen molar-refractivity contribution in [1.82, 2.24) is 18.5 Å². The van der Waals surface area contributed by atoms with Crippen molar-refractivity contribution in [3.05, 3.63) is 106 Å². The van der Waals surface area contributed by atoms with E-state index in [1.807, 2.05) is 13.0 Å². The lowest BCUT2D eigenvalue weighted by Gasteiger charge is -2.28. The Hall–Kier alpha value is -3.99. The molecule has 0 N–H and O–H groups in total. The second-order valence-electron chi connectivity index (χ2n) is 9.71. The van der Waals surface area contributed by atoms with Gasteiger partial charge in [0.2, 0.25) is 0 Å². The van der Waals surface area contributed by atoms with Gasteiger partial charge in [0.1, 0.15) is 0 Å². The molecule has 4 aromatic heterocycles. The molecular formula is C29H26ClN5O4S. The molecule has 0 amide bonds. The molecule has 1 aliphatic heterocycles. The minimum Gasteiger partial charge on any atom is -0.378 e. The fraction of sp³-hybridized carbons (Fsp3) is 0.207. The number of hydrogen-bond acceptors (Lipinski definition) is 7. The highest BCUT2D eigenvalue weighted by molar-refractivity contribution is 7.90. The summed E-state index contributed by atoms with van der Waals surface area (Å²) < 4.78 is 35.8. The van der Waals surface area contributed by atoms with E-state index >= 15 is 0 Å². The smallest absolute Gasteiger partial charge is 0.269 e. The van der Waals surface area contributed by atoms with Crippen LogP contribution >= 0.6 is 11.6 Å². The van der Waals surface area contributed by atoms with Crippen molar-refractivity contribution in [2.24, 2.45) is 0 Å². The molecule has 1 saturated heterocycles. The first-order chi connectivity index (χ1) is 19.3. The minimum atomic E-state index is -3.95. The van der Waals surface area contributed by atoms with Gasteiger partial charge in [0.05, 0.1) is 41.6 Å². The SMILES string of the molecule is Cc1ccc(S(=O)(=O)n2cc(-c3ccn(Cc4cncc(Cl)c4)c(=O)c3)c3cc(N4CCOCC4)cnc32)cc1. The highest BCUT2D eigenvalue weighted by atomic mass is 35.5. The predicted octanol–water partition coefficient (Wildman–Crippen LogP) is 4.34. The maximum Gasteiger partial charge on any atom is 0.269 e. The van der Waals surface area contributed by atoms with Crippen LogP contribution in [0.2, 0.25) is 5.02 Å². The van der Waals surface area contributed by atoms with E-state index in [1.54, 1.807) is 65.8 Å². The number of hydrogen-bond donors (Lipinski definition) is 0. The van der Waals surface area contributed by atoms with E-state index in [9.17, 15) is 13.2 Å². The number of benzene rings is 1. The first kappa shape index (κ1) is 26.2. The molecular weight excluding hydrogens is 550 g/mol. The Morgan fingerprint density at radius 2 is 1.77 bits per heavy atom. The normalized spacial score (nSPS) is 14.1. The van der Waals surface area contributed by atoms with Crippen LogP contribution < -0.4 is 10.5 Å². The van der Waals surface area contributed by atoms with Gasteiger partial charge in [-0.3, -0.25) is 9.78 Å². The summed E-state index contributed by atoms with van der Waals surface area (Å²) >= 11 is 6.05. The molecule has 1 aliphatic rings. The molecule has 1 aromatic carbocycles. The van der Waals surface area contributed by atoms with Crippen molar-refractivity contribution in [3.8, 4) is 11.1 Å². The van der Waals surface area contributed by atoms with Gasteiger partial charge in [-0.2, -0.15) is 0 Å². The summed E-state index contributed by atoms with van der Waals surface area (Å²) in [7, 11) is -3.95. The topological polar surface area (TPSA) is 99.3 Å². The van der Waals surface area contributed by atoms with E-state index in [-0.39, 0.29) is 10.5 Å². The number of nitrogens with zero attached hydrogens (tertiary/aromatic N) is 5. The van der Waals surface area contributed by atoms with Gasteiger partial charge in [-0.25, -0.2) is 17.4 Å². The zero-order chi connectivity index (χ0) is 27.9. The number of aryl methyl sites for hydroxylation is 1. The molecule has 6 rings (SSSR count). The summed E-state index contributed by atoms with van der Waals surface area (Å²) in [6.45, 7) is 4.83. The Morgan fingerprint density at radius 1 is 1.00 bits per heavy atom. The van der Waals surface area contributed by atoms with Crippen LogP contribution in [0.1, 0.15) is 11.1 Å². The number of halogens is 1. The number of anilines is 1. The Labute approximate surface area is 236 Å². The molecule has 11 heteroatoms. The largest absolute Gasteiger partial charge is 0.378 e. The van der Waals surface area contributed by atoms with Gasteiger partial charge in [-0.1, -0.05) is 29.3 Å². The summed E-state index contributed by atoms with van der Waals surface area (Å²) in [5, 5.41) is 1.13. The van der Waals surface area contributed by atoms with Gasteiger partial charge in [0.25, 0.3) is 15.6 Å². The molecule has 0 bridgehead atoms. The van der Waals surface area contributed by atoms with Crippen LogP contribution in [-0.2, 0) is 21.3 Å². The van der Waals surface area contributed by atoms with Gasteiger partial charge in [-0.05, 0) is 48.4 Å². The van der Waals surface area contributed by atoms with E-state index in [0.29, 0.717) is 60.0 Å². The molecule has 1 fully saturated rings. The third-order valence-electron chi connectivity index (χ3n) is 6.97. The van der Waals surface area contributed by atoms with E-state index in [0.717, 1.165) is 16.8 Å². The zero-order valence-corrected chi connectivity index (χ0v) is 23.3. The zero-order valence-electron chi connectivity index (χ0n) is 21.7. The van der Waals surface area contributed by atoms with E-state index in [1.165, 1.54) is 16.2 Å². The lowest BCUT2D eigenvalue weighted by molar-refractivity contribution is 0.122. The number of rotatable bonds is 6. The number of fused-ring (bicyclic) bond motifs is 1. The van der Waals surface area contributed by atoms with Crippen LogP contribution in [0.4, 0.5) is 5.69 Å². The Kier molecular flexibility index (Phi) is 6.91. The van der Waals surface area contributed by atoms with Crippen molar-refractivity contribution in [2.45, 2.75) is 18.4 Å². The van der Waals surface area contributed by atoms with Crippen molar-refractivity contribution < 1.29 is 13.2 Å². The van der Waals surface area contributed by atoms with E-state index in [2.05, 4.69) is 14.9 Å². The lowest BCUT2D eigenvalue weighted by Crippen LogP contribution is -2.36. The molecule has 0 aliphatic carbocycles. The predicted molar refractivity (Wildman–Crippen MR) is 155 cm³/mol. The van der Waals surface area contributed by atoms with Crippen LogP contribution in [0.5, 0.6) is 0 Å². The number of ether oxygens (including phenoxy) is 1. The monoisotopic (exact) mass is 575 g/mol. The molecule has 5 heterocycles. The molecule has 0 spiro atoms. The number of morpholine rings is 1. The summed E-state index contributed by atoms with van der Waals surface area (Å²) in [6, 6.07) is 13.7. The van der Waals surface area contributed by atoms with Crippen LogP contribution in [0, 0.1) is 6.92 Å². The molecule has 0 radical (unpaired) electrons. The highest BCUT2D eigenvalue weighted by Crippen LogP contribution is 2.34. The lowest BCUT2D eigenvalue weighted by atomic mass is 10.1. The molecule has 0 saturated carbocycles. The number of pyridine rings is 3. The minimum absolute atomic E-state index is 0.158. The van der Waals surface area contributed by atoms with Gasteiger partial charge < -0.3 is 14.2 Å². The Bertz CT molecular complexity index is 1880. The van der Waals surface area contributed by atoms with Crippen LogP contribution in [0.15, 0.2) is 89.2 Å². The van der Waals surface area contributed by atoms with Crippen molar-refractivity contribution in [3.63, 3.8) is 0 Å². The molecule has 204 valence electrons. The third kappa shape index (κ3) is 5.01. The van der Waals surface area contributed by atoms with E-state index < -0.39 is 10.0 Å². The average molecular weight is 576 g/mol. The van der Waals surface area contributed by atoms with Crippen LogP contribution in [0.25, 0.3) is 22.2 Å². The van der Waals surface area contributed by atoms with Crippen molar-refractivity contribution >= 4 is 38.3 Å². The maximum absolute atomic E-state index is 13.8. The standard InChI is InChI=1S/C29H26ClN5O4S/c1-20-2-4-25(5-3-20)40(37,38)35-19-27(26-14-24(17-32-29(26)35)33-8-10-39-11-9-33)22-6-7-34(28(36)13-22)18-21-12-23(30)16-31-15-21/h2-7,12-17,19H,8-11,18H2,1H3. The number of aromatic nitrogens is 4. The van der Waals surface area contributed by atoms with E-state index in [4.69, 9.17) is 16.3 Å². The first-order valence-corrected chi connectivity index (χ1v) is 14.6. The quantitative estimate of drug-likeness (QED) is 0.297. The van der Waals surface area contributed by atoms with Crippen molar-refractivity contribution in [1.29, 1.82) is 0 Å². The average Bonchev–Trinajstić information content (AvgIpc) is 3.35. The van der Waals surface area contributed by atoms with Crippen LogP contribution in [-0.4, -0.2) is 53.2 Å². The summed E-state index contributed by atoms with van der Waals surface area (Å²) in [5.74, 6) is 0. The molecule has 0 unspecified atom stereocenters. The van der Waals surface area contributed by atoms with Gasteiger partial charge in [0, 0.05) is 54.9 Å². The van der Waals surface area contributed by atoms with Crippen molar-refractivity contribution in [2.75, 3.05) is 31.2 Å². The summed E-state index contributed by atoms with van der Waals surface area (Å²) in [5.41, 5.74) is 3.86. The maximum atomic E-state index is 13.8. The Balaban J connectivity index is 1.48. The summed E-state index contributed by atoms with van der Waals surface area (Å²) in [4.78, 5) is 24.2. The third-order valence-corrected chi connectivity index (χ3v) is 8.84. The second kappa shape index (κ2) is 10.5. The molecule has 40 heavy (non-hydrogen) atoms. The molecule has 0 atom stereocenters. The second-order valence-corrected chi connectivity index (χ2v) is 12.0. The van der Waals surface area contributed by atoms with Gasteiger partial charge >= 0.3 is 0 Å². The molecule has 9 nitrogen and oxygen atoms in total. The molecule has 5 aromatic rings. The Morgan fingerprint density at radius 3 is 2.50 bits per heavy atom. The van der Waals surface area contributed by atoms with Crippen LogP contribution in [0.3, 0.4) is 0 Å². The fourth-order valence-electron chi connectivity index (χ4n) is 4.84. The summed E-state index contributed by atoms with van der Waals surface area (Å²) in [6.07, 6.45) is 8.13.